The van der Waals surface area contributed by atoms with Crippen molar-refractivity contribution < 1.29 is 0 Å². The fraction of sp³-hybridized carbons (Fsp3) is 0.474. The second-order valence-corrected chi connectivity index (χ2v) is 6.37. The van der Waals surface area contributed by atoms with Gasteiger partial charge in [0.15, 0.2) is 0 Å². The molecule has 0 aliphatic carbocycles. The van der Waals surface area contributed by atoms with Crippen LogP contribution in [0.1, 0.15) is 48.5 Å². The first-order valence-electron chi connectivity index (χ1n) is 8.54. The Bertz CT molecular complexity index is 651. The van der Waals surface area contributed by atoms with Gasteiger partial charge in [0.1, 0.15) is 11.6 Å². The summed E-state index contributed by atoms with van der Waals surface area (Å²) in [6, 6.07) is 11.4. The zero-order valence-corrected chi connectivity index (χ0v) is 14.3. The molecule has 4 nitrogen and oxygen atoms in total. The summed E-state index contributed by atoms with van der Waals surface area (Å²) in [4.78, 5) is 11.7. The number of anilines is 1. The smallest absolute Gasteiger partial charge is 0.129 e. The Morgan fingerprint density at radius 1 is 1.17 bits per heavy atom. The van der Waals surface area contributed by atoms with Crippen molar-refractivity contribution in [3.8, 4) is 0 Å². The van der Waals surface area contributed by atoms with Crippen molar-refractivity contribution in [2.24, 2.45) is 0 Å². The Labute approximate surface area is 139 Å². The molecule has 1 aromatic carbocycles. The Kier molecular flexibility index (Phi) is 4.91. The highest BCUT2D eigenvalue weighted by Gasteiger charge is 2.27. The summed E-state index contributed by atoms with van der Waals surface area (Å²) < 4.78 is 0. The van der Waals surface area contributed by atoms with E-state index in [0.717, 1.165) is 37.0 Å². The van der Waals surface area contributed by atoms with Crippen molar-refractivity contribution in [1.29, 1.82) is 0 Å². The second kappa shape index (κ2) is 7.09. The third-order valence-electron chi connectivity index (χ3n) is 4.43. The summed E-state index contributed by atoms with van der Waals surface area (Å²) >= 11 is 0. The molecule has 0 radical (unpaired) electrons. The summed E-state index contributed by atoms with van der Waals surface area (Å²) in [6.07, 6.45) is 2.41. The van der Waals surface area contributed by atoms with Crippen LogP contribution in [0.25, 0.3) is 0 Å². The van der Waals surface area contributed by atoms with Crippen LogP contribution >= 0.6 is 0 Å². The average molecular weight is 310 g/mol. The molecule has 1 aliphatic heterocycles. The van der Waals surface area contributed by atoms with E-state index in [1.165, 1.54) is 24.0 Å². The number of nitrogens with one attached hydrogen (secondary N) is 1. The van der Waals surface area contributed by atoms with Crippen LogP contribution in [0.2, 0.25) is 0 Å². The number of hydrogen-bond acceptors (Lipinski definition) is 4. The average Bonchev–Trinajstić information content (AvgIpc) is 2.97. The van der Waals surface area contributed by atoms with Gasteiger partial charge in [0, 0.05) is 19.2 Å². The first-order valence-corrected chi connectivity index (χ1v) is 8.54. The molecule has 0 unspecified atom stereocenters. The van der Waals surface area contributed by atoms with E-state index >= 15 is 0 Å². The van der Waals surface area contributed by atoms with Crippen LogP contribution in [0, 0.1) is 13.8 Å². The molecule has 0 spiro atoms. The van der Waals surface area contributed by atoms with Crippen LogP contribution in [0.4, 0.5) is 5.82 Å². The Morgan fingerprint density at radius 3 is 2.70 bits per heavy atom. The van der Waals surface area contributed by atoms with Gasteiger partial charge in [-0.3, -0.25) is 4.90 Å². The summed E-state index contributed by atoms with van der Waals surface area (Å²) in [6.45, 7) is 9.21. The molecule has 1 aromatic heterocycles. The van der Waals surface area contributed by atoms with Gasteiger partial charge in [-0.25, -0.2) is 9.97 Å². The van der Waals surface area contributed by atoms with Crippen molar-refractivity contribution in [3.63, 3.8) is 0 Å². The molecule has 1 atom stereocenters. The summed E-state index contributed by atoms with van der Waals surface area (Å²) in [7, 11) is 0. The van der Waals surface area contributed by atoms with E-state index in [-0.39, 0.29) is 0 Å². The van der Waals surface area contributed by atoms with Crippen LogP contribution in [0.3, 0.4) is 0 Å². The minimum Gasteiger partial charge on any atom is -0.370 e. The zero-order chi connectivity index (χ0) is 16.2. The third kappa shape index (κ3) is 3.88. The van der Waals surface area contributed by atoms with Crippen LogP contribution in [-0.4, -0.2) is 28.0 Å². The molecule has 1 fully saturated rings. The predicted octanol–water partition coefficient (Wildman–Crippen LogP) is 3.86. The van der Waals surface area contributed by atoms with Gasteiger partial charge in [0.05, 0.1) is 11.7 Å². The van der Waals surface area contributed by atoms with E-state index in [0.29, 0.717) is 6.04 Å². The lowest BCUT2D eigenvalue weighted by molar-refractivity contribution is 0.244. The maximum absolute atomic E-state index is 4.71. The van der Waals surface area contributed by atoms with Crippen molar-refractivity contribution in [2.45, 2.75) is 46.2 Å². The van der Waals surface area contributed by atoms with E-state index in [2.05, 4.69) is 59.4 Å². The predicted molar refractivity (Wildman–Crippen MR) is 94.5 cm³/mol. The molecule has 1 saturated heterocycles. The monoisotopic (exact) mass is 310 g/mol. The summed E-state index contributed by atoms with van der Waals surface area (Å²) in [5.74, 6) is 1.79. The van der Waals surface area contributed by atoms with E-state index in [9.17, 15) is 0 Å². The zero-order valence-electron chi connectivity index (χ0n) is 14.3. The number of aryl methyl sites for hydroxylation is 2. The number of hydrogen-bond donors (Lipinski definition) is 1. The highest BCUT2D eigenvalue weighted by molar-refractivity contribution is 5.37. The van der Waals surface area contributed by atoms with Crippen molar-refractivity contribution in [3.05, 3.63) is 53.0 Å². The number of rotatable bonds is 5. The minimum absolute atomic E-state index is 0.399. The second-order valence-electron chi connectivity index (χ2n) is 6.37. The molecule has 0 bridgehead atoms. The van der Waals surface area contributed by atoms with E-state index < -0.39 is 0 Å². The lowest BCUT2D eigenvalue weighted by Gasteiger charge is -2.24. The van der Waals surface area contributed by atoms with Crippen LogP contribution in [0.15, 0.2) is 30.3 Å². The standard InChI is InChI=1S/C19H26N4/c1-4-20-19-12-17(21-15(3)22-19)18-6-5-11-23(18)13-16-9-7-14(2)8-10-16/h7-10,12,18H,4-6,11,13H2,1-3H3,(H,20,21,22)/t18-/m0/s1. The number of aromatic nitrogens is 2. The minimum atomic E-state index is 0.399. The molecule has 23 heavy (non-hydrogen) atoms. The summed E-state index contributed by atoms with van der Waals surface area (Å²) in [5.41, 5.74) is 3.84. The normalized spacial score (nSPS) is 18.3. The van der Waals surface area contributed by atoms with Crippen LogP contribution in [0.5, 0.6) is 0 Å². The van der Waals surface area contributed by atoms with Gasteiger partial charge in [-0.05, 0) is 45.7 Å². The Hall–Kier alpha value is -1.94. The van der Waals surface area contributed by atoms with Gasteiger partial charge in [0.25, 0.3) is 0 Å². The maximum Gasteiger partial charge on any atom is 0.129 e. The molecule has 2 heterocycles. The highest BCUT2D eigenvalue weighted by atomic mass is 15.2. The third-order valence-corrected chi connectivity index (χ3v) is 4.43. The largest absolute Gasteiger partial charge is 0.370 e. The molecule has 0 saturated carbocycles. The quantitative estimate of drug-likeness (QED) is 0.910. The van der Waals surface area contributed by atoms with Gasteiger partial charge < -0.3 is 5.32 Å². The number of nitrogens with zero attached hydrogens (tertiary/aromatic N) is 3. The lowest BCUT2D eigenvalue weighted by atomic mass is 10.1. The van der Waals surface area contributed by atoms with E-state index in [1.807, 2.05) is 6.92 Å². The number of likely N-dealkylation sites (tertiary alicyclic amines) is 1. The van der Waals surface area contributed by atoms with Gasteiger partial charge in [-0.15, -0.1) is 0 Å². The molecular weight excluding hydrogens is 284 g/mol. The molecule has 3 rings (SSSR count). The highest BCUT2D eigenvalue weighted by Crippen LogP contribution is 2.33. The molecule has 122 valence electrons. The molecule has 0 amide bonds. The van der Waals surface area contributed by atoms with Gasteiger partial charge >= 0.3 is 0 Å². The fourth-order valence-corrected chi connectivity index (χ4v) is 3.31. The first-order chi connectivity index (χ1) is 11.2. The van der Waals surface area contributed by atoms with Crippen LogP contribution < -0.4 is 5.32 Å². The van der Waals surface area contributed by atoms with E-state index in [1.54, 1.807) is 0 Å². The Balaban J connectivity index is 1.79. The topological polar surface area (TPSA) is 41.0 Å². The SMILES string of the molecule is CCNc1cc([C@@H]2CCCN2Cc2ccc(C)cc2)nc(C)n1. The first kappa shape index (κ1) is 15.9. The van der Waals surface area contributed by atoms with Crippen molar-refractivity contribution in [2.75, 3.05) is 18.4 Å². The van der Waals surface area contributed by atoms with Crippen molar-refractivity contribution >= 4 is 5.82 Å². The van der Waals surface area contributed by atoms with Gasteiger partial charge in [0.2, 0.25) is 0 Å². The van der Waals surface area contributed by atoms with Gasteiger partial charge in [-0.1, -0.05) is 29.8 Å². The molecule has 1 aliphatic rings. The Morgan fingerprint density at radius 2 is 1.96 bits per heavy atom. The number of benzene rings is 1. The van der Waals surface area contributed by atoms with Gasteiger partial charge in [-0.2, -0.15) is 0 Å². The molecule has 4 heteroatoms. The van der Waals surface area contributed by atoms with Crippen LogP contribution in [-0.2, 0) is 6.54 Å². The maximum atomic E-state index is 4.71. The van der Waals surface area contributed by atoms with E-state index in [4.69, 9.17) is 4.98 Å². The van der Waals surface area contributed by atoms with Crippen molar-refractivity contribution in [1.82, 2.24) is 14.9 Å². The molecule has 2 aromatic rings. The summed E-state index contributed by atoms with van der Waals surface area (Å²) in [5, 5.41) is 3.31. The fourth-order valence-electron chi connectivity index (χ4n) is 3.31. The molecular formula is C19H26N4. The lowest BCUT2D eigenvalue weighted by Crippen LogP contribution is -2.24. The molecule has 1 N–H and O–H groups in total.